The van der Waals surface area contributed by atoms with E-state index in [9.17, 15) is 22.5 Å². The molecule has 0 amide bonds. The maximum atomic E-state index is 12.9. The van der Waals surface area contributed by atoms with E-state index in [0.29, 0.717) is 4.83 Å². The Balaban J connectivity index is 4.84. The molecule has 10 heteroatoms. The number of hydrogen-bond donors (Lipinski definition) is 1. The molecular formula is C9H18F3N2O4P. The summed E-state index contributed by atoms with van der Waals surface area (Å²) in [4.78, 5) is 16.1. The van der Waals surface area contributed by atoms with E-state index in [-0.39, 0.29) is 19.3 Å². The number of halogens is 3. The van der Waals surface area contributed by atoms with Crippen LogP contribution >= 0.6 is 7.95 Å². The van der Waals surface area contributed by atoms with Crippen LogP contribution < -0.4 is 5.73 Å². The van der Waals surface area contributed by atoms with Crippen LogP contribution in [-0.4, -0.2) is 48.9 Å². The van der Waals surface area contributed by atoms with Crippen molar-refractivity contribution in [3.05, 3.63) is 0 Å². The van der Waals surface area contributed by atoms with Gasteiger partial charge < -0.3 is 15.0 Å². The standard InChI is InChI=1S/C9H18F3N2O4P/c1-3-17-9(15)6(2)14(19(16)5-4-13)18-8(12)7(10)11/h6-8,19H,3-5,13H2,1-2H3. The van der Waals surface area contributed by atoms with Crippen LogP contribution in [-0.2, 0) is 18.9 Å². The Hall–Kier alpha value is -0.630. The van der Waals surface area contributed by atoms with Gasteiger partial charge in [-0.2, -0.15) is 0 Å². The molecular weight excluding hydrogens is 288 g/mol. The molecule has 0 rings (SSSR count). The molecule has 0 aliphatic rings. The number of nitrogens with zero attached hydrogens (tertiary/aromatic N) is 1. The lowest BCUT2D eigenvalue weighted by atomic mass is 10.4. The third-order valence-corrected chi connectivity index (χ3v) is 3.70. The fourth-order valence-electron chi connectivity index (χ4n) is 1.11. The first-order chi connectivity index (χ1) is 8.84. The minimum atomic E-state index is -3.41. The number of carbonyl (C=O) groups excluding carboxylic acids is 1. The zero-order valence-corrected chi connectivity index (χ0v) is 11.6. The van der Waals surface area contributed by atoms with E-state index >= 15 is 0 Å². The molecule has 0 saturated heterocycles. The highest BCUT2D eigenvalue weighted by molar-refractivity contribution is 7.41. The first kappa shape index (κ1) is 18.4. The van der Waals surface area contributed by atoms with Gasteiger partial charge in [-0.3, -0.25) is 4.79 Å². The van der Waals surface area contributed by atoms with Crippen molar-refractivity contribution in [1.29, 1.82) is 0 Å². The largest absolute Gasteiger partial charge is 0.465 e. The van der Waals surface area contributed by atoms with Crippen molar-refractivity contribution in [3.8, 4) is 0 Å². The maximum absolute atomic E-state index is 12.9. The van der Waals surface area contributed by atoms with Crippen LogP contribution in [0.3, 0.4) is 0 Å². The fourth-order valence-corrected chi connectivity index (χ4v) is 2.34. The summed E-state index contributed by atoms with van der Waals surface area (Å²) in [6, 6.07) is -1.27. The minimum Gasteiger partial charge on any atom is -0.465 e. The summed E-state index contributed by atoms with van der Waals surface area (Å²) in [6.45, 7) is 2.78. The van der Waals surface area contributed by atoms with Crippen LogP contribution in [0.5, 0.6) is 0 Å². The summed E-state index contributed by atoms with van der Waals surface area (Å²) in [5.41, 5.74) is 5.18. The molecule has 0 spiro atoms. The van der Waals surface area contributed by atoms with Crippen LogP contribution in [0.2, 0.25) is 0 Å². The van der Waals surface area contributed by atoms with E-state index in [1.54, 1.807) is 0 Å². The number of hydrogen-bond acceptors (Lipinski definition) is 5. The van der Waals surface area contributed by atoms with Gasteiger partial charge in [0, 0.05) is 12.7 Å². The Labute approximate surface area is 109 Å². The average molecular weight is 306 g/mol. The summed E-state index contributed by atoms with van der Waals surface area (Å²) in [7, 11) is -2.81. The van der Waals surface area contributed by atoms with E-state index in [0.717, 1.165) is 0 Å². The first-order valence-corrected chi connectivity index (χ1v) is 7.19. The van der Waals surface area contributed by atoms with Crippen molar-refractivity contribution in [2.75, 3.05) is 19.3 Å². The van der Waals surface area contributed by atoms with Gasteiger partial charge in [-0.15, -0.1) is 4.83 Å². The molecule has 0 fully saturated rings. The van der Waals surface area contributed by atoms with Gasteiger partial charge in [0.2, 0.25) is 0 Å². The van der Waals surface area contributed by atoms with Crippen LogP contribution in [0.1, 0.15) is 13.8 Å². The normalized spacial score (nSPS) is 16.4. The first-order valence-electron chi connectivity index (χ1n) is 5.62. The third-order valence-electron chi connectivity index (χ3n) is 2.00. The van der Waals surface area contributed by atoms with Crippen molar-refractivity contribution in [2.24, 2.45) is 5.73 Å². The molecule has 114 valence electrons. The van der Waals surface area contributed by atoms with Gasteiger partial charge >= 0.3 is 5.97 Å². The van der Waals surface area contributed by atoms with Crippen LogP contribution in [0.25, 0.3) is 0 Å². The molecule has 0 aliphatic carbocycles. The number of hydroxylamine groups is 1. The van der Waals surface area contributed by atoms with Gasteiger partial charge in [0.05, 0.1) is 6.61 Å². The number of nitrogens with two attached hydrogens (primary N) is 1. The summed E-state index contributed by atoms with van der Waals surface area (Å²) >= 11 is 0. The molecule has 0 heterocycles. The zero-order chi connectivity index (χ0) is 15.0. The van der Waals surface area contributed by atoms with Crippen LogP contribution in [0.4, 0.5) is 13.2 Å². The van der Waals surface area contributed by atoms with Crippen molar-refractivity contribution in [2.45, 2.75) is 32.7 Å². The molecule has 0 aliphatic heterocycles. The van der Waals surface area contributed by atoms with E-state index in [2.05, 4.69) is 9.57 Å². The highest BCUT2D eigenvalue weighted by Crippen LogP contribution is 2.31. The monoisotopic (exact) mass is 306 g/mol. The van der Waals surface area contributed by atoms with E-state index in [4.69, 9.17) is 5.73 Å². The number of esters is 1. The number of rotatable bonds is 9. The lowest BCUT2D eigenvalue weighted by Crippen LogP contribution is -2.39. The second-order valence-electron chi connectivity index (χ2n) is 3.48. The fraction of sp³-hybridized carbons (Fsp3) is 0.889. The summed E-state index contributed by atoms with van der Waals surface area (Å²) < 4.78 is 53.4. The second kappa shape index (κ2) is 9.30. The molecule has 3 unspecified atom stereocenters. The quantitative estimate of drug-likeness (QED) is 0.391. The molecule has 19 heavy (non-hydrogen) atoms. The second-order valence-corrected chi connectivity index (χ2v) is 5.21. The van der Waals surface area contributed by atoms with E-state index in [1.165, 1.54) is 13.8 Å². The van der Waals surface area contributed by atoms with E-state index in [1.807, 2.05) is 0 Å². The van der Waals surface area contributed by atoms with Gasteiger partial charge in [-0.1, -0.05) is 0 Å². The highest BCUT2D eigenvalue weighted by Gasteiger charge is 2.33. The number of alkyl halides is 3. The average Bonchev–Trinajstić information content (AvgIpc) is 2.35. The zero-order valence-electron chi connectivity index (χ0n) is 10.6. The molecule has 0 bridgehead atoms. The van der Waals surface area contributed by atoms with Gasteiger partial charge in [-0.25, -0.2) is 18.0 Å². The molecule has 0 aromatic rings. The molecule has 0 saturated carbocycles. The molecule has 2 N–H and O–H groups in total. The van der Waals surface area contributed by atoms with Gasteiger partial charge in [0.15, 0.2) is 7.95 Å². The molecule has 0 radical (unpaired) electrons. The Morgan fingerprint density at radius 3 is 2.42 bits per heavy atom. The van der Waals surface area contributed by atoms with Gasteiger partial charge in [0.1, 0.15) is 6.04 Å². The number of carbonyl (C=O) groups is 1. The highest BCUT2D eigenvalue weighted by atomic mass is 31.1. The Bertz CT molecular complexity index is 309. The summed E-state index contributed by atoms with van der Waals surface area (Å²) in [5, 5.41) is 0. The van der Waals surface area contributed by atoms with Crippen LogP contribution in [0.15, 0.2) is 0 Å². The molecule has 6 nitrogen and oxygen atoms in total. The molecule has 0 aromatic carbocycles. The topological polar surface area (TPSA) is 81.9 Å². The predicted molar refractivity (Wildman–Crippen MR) is 62.8 cm³/mol. The van der Waals surface area contributed by atoms with Crippen LogP contribution in [0, 0.1) is 0 Å². The summed E-state index contributed by atoms with van der Waals surface area (Å²) in [6.07, 6.45) is -6.47. The maximum Gasteiger partial charge on any atom is 0.325 e. The SMILES string of the molecule is CCOC(=O)C(C)N(OC(F)C(F)F)[PH](=O)CCN. The minimum absolute atomic E-state index is 0.0150. The lowest BCUT2D eigenvalue weighted by molar-refractivity contribution is -0.242. The van der Waals surface area contributed by atoms with Gasteiger partial charge in [0.25, 0.3) is 12.8 Å². The summed E-state index contributed by atoms with van der Waals surface area (Å²) in [5.74, 6) is -0.848. The van der Waals surface area contributed by atoms with Crippen molar-refractivity contribution in [1.82, 2.24) is 4.83 Å². The van der Waals surface area contributed by atoms with Crippen molar-refractivity contribution < 1.29 is 32.1 Å². The lowest BCUT2D eigenvalue weighted by Gasteiger charge is -2.26. The smallest absolute Gasteiger partial charge is 0.325 e. The molecule has 0 aromatic heterocycles. The third kappa shape index (κ3) is 6.38. The Morgan fingerprint density at radius 1 is 1.42 bits per heavy atom. The number of ether oxygens (including phenoxy) is 1. The van der Waals surface area contributed by atoms with E-state index < -0.39 is 32.7 Å². The predicted octanol–water partition coefficient (Wildman–Crippen LogP) is 1.17. The van der Waals surface area contributed by atoms with Crippen molar-refractivity contribution >= 4 is 13.9 Å². The van der Waals surface area contributed by atoms with Crippen molar-refractivity contribution in [3.63, 3.8) is 0 Å². The Morgan fingerprint density at radius 2 is 2.00 bits per heavy atom. The molecule has 3 atom stereocenters. The Kier molecular flexibility index (Phi) is 8.99. The van der Waals surface area contributed by atoms with Gasteiger partial charge in [-0.05, 0) is 13.8 Å².